The summed E-state index contributed by atoms with van der Waals surface area (Å²) in [6, 6.07) is 25.1. The van der Waals surface area contributed by atoms with Gasteiger partial charge in [-0.05, 0) is 43.5 Å². The lowest BCUT2D eigenvalue weighted by Crippen LogP contribution is -2.25. The molecule has 4 aromatic rings. The lowest BCUT2D eigenvalue weighted by molar-refractivity contribution is 0.588. The molecule has 1 aliphatic rings. The summed E-state index contributed by atoms with van der Waals surface area (Å²) in [6.07, 6.45) is 2.14. The molecule has 1 aromatic heterocycles. The highest BCUT2D eigenvalue weighted by molar-refractivity contribution is 7.90. The van der Waals surface area contributed by atoms with E-state index in [1.807, 2.05) is 61.5 Å². The highest BCUT2D eigenvalue weighted by atomic mass is 32.2. The molecule has 0 N–H and O–H groups in total. The summed E-state index contributed by atoms with van der Waals surface area (Å²) >= 11 is 0. The van der Waals surface area contributed by atoms with Crippen molar-refractivity contribution in [3.05, 3.63) is 84.4 Å². The van der Waals surface area contributed by atoms with Crippen molar-refractivity contribution in [2.45, 2.75) is 24.7 Å². The lowest BCUT2D eigenvalue weighted by atomic mass is 10.0. The van der Waals surface area contributed by atoms with Gasteiger partial charge in [-0.1, -0.05) is 66.2 Å². The van der Waals surface area contributed by atoms with Gasteiger partial charge in [0.25, 0.3) is 10.0 Å². The van der Waals surface area contributed by atoms with E-state index in [9.17, 15) is 8.42 Å². The van der Waals surface area contributed by atoms with E-state index < -0.39 is 10.0 Å². The van der Waals surface area contributed by atoms with Crippen molar-refractivity contribution in [1.82, 2.24) is 3.97 Å². The molecular weight excluding hydrogens is 392 g/mol. The Bertz CT molecular complexity index is 1300. The van der Waals surface area contributed by atoms with Gasteiger partial charge in [0.15, 0.2) is 0 Å². The molecule has 0 bridgehead atoms. The van der Waals surface area contributed by atoms with Crippen LogP contribution < -0.4 is 4.90 Å². The van der Waals surface area contributed by atoms with E-state index in [1.165, 1.54) is 0 Å². The van der Waals surface area contributed by atoms with Gasteiger partial charge in [-0.3, -0.25) is 0 Å². The zero-order valence-corrected chi connectivity index (χ0v) is 17.8. The lowest BCUT2D eigenvalue weighted by Gasteiger charge is -2.23. The number of aryl methyl sites for hydroxylation is 1. The van der Waals surface area contributed by atoms with Gasteiger partial charge in [-0.15, -0.1) is 0 Å². The van der Waals surface area contributed by atoms with Crippen LogP contribution in [0.5, 0.6) is 0 Å². The first-order valence-electron chi connectivity index (χ1n) is 10.3. The summed E-state index contributed by atoms with van der Waals surface area (Å²) in [4.78, 5) is 2.54. The SMILES string of the molecule is Cc1ccc(S(=O)(=O)n2c(N3CCCC3)c(-c3ccccc3)c3ccccc32)cc1. The van der Waals surface area contributed by atoms with Crippen LogP contribution in [0.2, 0.25) is 0 Å². The molecular formula is C25H24N2O2S. The van der Waals surface area contributed by atoms with Crippen molar-refractivity contribution in [1.29, 1.82) is 0 Å². The van der Waals surface area contributed by atoms with Crippen LogP contribution in [0, 0.1) is 6.92 Å². The van der Waals surface area contributed by atoms with Crippen molar-refractivity contribution in [3.8, 4) is 11.1 Å². The third-order valence-electron chi connectivity index (χ3n) is 5.84. The van der Waals surface area contributed by atoms with Crippen LogP contribution in [0.25, 0.3) is 22.0 Å². The fourth-order valence-electron chi connectivity index (χ4n) is 4.36. The van der Waals surface area contributed by atoms with Gasteiger partial charge in [0, 0.05) is 24.0 Å². The molecule has 0 saturated carbocycles. The minimum absolute atomic E-state index is 0.314. The van der Waals surface area contributed by atoms with E-state index in [0.717, 1.165) is 59.3 Å². The van der Waals surface area contributed by atoms with Gasteiger partial charge < -0.3 is 4.90 Å². The Balaban J connectivity index is 1.88. The Morgan fingerprint density at radius 3 is 2.10 bits per heavy atom. The number of hydrogen-bond acceptors (Lipinski definition) is 3. The molecule has 3 aromatic carbocycles. The van der Waals surface area contributed by atoms with Gasteiger partial charge in [-0.2, -0.15) is 0 Å². The van der Waals surface area contributed by atoms with E-state index in [1.54, 1.807) is 16.1 Å². The highest BCUT2D eigenvalue weighted by Gasteiger charge is 2.31. The molecule has 0 atom stereocenters. The molecule has 0 radical (unpaired) electrons. The second-order valence-corrected chi connectivity index (χ2v) is 9.65. The first-order valence-corrected chi connectivity index (χ1v) is 11.8. The Kier molecular flexibility index (Phi) is 4.63. The summed E-state index contributed by atoms with van der Waals surface area (Å²) in [6.45, 7) is 3.68. The summed E-state index contributed by atoms with van der Waals surface area (Å²) in [7, 11) is -3.76. The predicted octanol–water partition coefficient (Wildman–Crippen LogP) is 5.45. The molecule has 5 rings (SSSR count). The van der Waals surface area contributed by atoms with Crippen LogP contribution >= 0.6 is 0 Å². The van der Waals surface area contributed by atoms with E-state index in [0.29, 0.717) is 4.90 Å². The number of para-hydroxylation sites is 1. The quantitative estimate of drug-likeness (QED) is 0.444. The molecule has 5 heteroatoms. The van der Waals surface area contributed by atoms with Crippen molar-refractivity contribution in [2.24, 2.45) is 0 Å². The van der Waals surface area contributed by atoms with Crippen LogP contribution in [-0.4, -0.2) is 25.5 Å². The number of benzene rings is 3. The zero-order chi connectivity index (χ0) is 20.7. The maximum atomic E-state index is 13.9. The fourth-order valence-corrected chi connectivity index (χ4v) is 5.91. The number of rotatable bonds is 4. The molecule has 1 aliphatic heterocycles. The predicted molar refractivity (Wildman–Crippen MR) is 123 cm³/mol. The minimum atomic E-state index is -3.76. The van der Waals surface area contributed by atoms with E-state index in [-0.39, 0.29) is 0 Å². The number of anilines is 1. The van der Waals surface area contributed by atoms with Crippen LogP contribution in [0.15, 0.2) is 83.8 Å². The molecule has 0 unspecified atom stereocenters. The van der Waals surface area contributed by atoms with Crippen LogP contribution in [-0.2, 0) is 10.0 Å². The molecule has 152 valence electrons. The van der Waals surface area contributed by atoms with Crippen LogP contribution in [0.1, 0.15) is 18.4 Å². The summed E-state index contributed by atoms with van der Waals surface area (Å²) in [5, 5.41) is 0.960. The summed E-state index contributed by atoms with van der Waals surface area (Å²) < 4.78 is 29.4. The van der Waals surface area contributed by atoms with Gasteiger partial charge in [-0.25, -0.2) is 12.4 Å². The van der Waals surface area contributed by atoms with Gasteiger partial charge in [0.2, 0.25) is 0 Å². The Morgan fingerprint density at radius 2 is 1.40 bits per heavy atom. The Labute approximate surface area is 177 Å². The maximum absolute atomic E-state index is 13.9. The first kappa shape index (κ1) is 18.9. The zero-order valence-electron chi connectivity index (χ0n) is 17.0. The molecule has 1 saturated heterocycles. The second-order valence-electron chi connectivity index (χ2n) is 7.86. The third-order valence-corrected chi connectivity index (χ3v) is 7.55. The standard InChI is InChI=1S/C25H24N2O2S/c1-19-13-15-21(16-14-19)30(28,29)27-23-12-6-5-11-22(23)24(20-9-3-2-4-10-20)25(27)26-17-7-8-18-26/h2-6,9-16H,7-8,17-18H2,1H3. The van der Waals surface area contributed by atoms with Gasteiger partial charge in [0.05, 0.1) is 10.4 Å². The van der Waals surface area contributed by atoms with Gasteiger partial charge >= 0.3 is 0 Å². The molecule has 0 aliphatic carbocycles. The number of hydrogen-bond donors (Lipinski definition) is 0. The Hall–Kier alpha value is -3.05. The molecule has 0 spiro atoms. The normalized spacial score (nSPS) is 14.5. The molecule has 1 fully saturated rings. The minimum Gasteiger partial charge on any atom is -0.357 e. The first-order chi connectivity index (χ1) is 14.6. The van der Waals surface area contributed by atoms with Crippen molar-refractivity contribution in [2.75, 3.05) is 18.0 Å². The van der Waals surface area contributed by atoms with Crippen molar-refractivity contribution in [3.63, 3.8) is 0 Å². The highest BCUT2D eigenvalue weighted by Crippen LogP contribution is 2.43. The van der Waals surface area contributed by atoms with Crippen LogP contribution in [0.4, 0.5) is 5.82 Å². The van der Waals surface area contributed by atoms with Crippen molar-refractivity contribution >= 4 is 26.7 Å². The number of aromatic nitrogens is 1. The maximum Gasteiger partial charge on any atom is 0.269 e. The third kappa shape index (κ3) is 3.01. The molecule has 0 amide bonds. The molecule has 2 heterocycles. The van der Waals surface area contributed by atoms with Crippen molar-refractivity contribution < 1.29 is 8.42 Å². The monoisotopic (exact) mass is 416 g/mol. The largest absolute Gasteiger partial charge is 0.357 e. The number of fused-ring (bicyclic) bond motifs is 1. The smallest absolute Gasteiger partial charge is 0.269 e. The number of nitrogens with zero attached hydrogens (tertiary/aromatic N) is 2. The van der Waals surface area contributed by atoms with Crippen LogP contribution in [0.3, 0.4) is 0 Å². The molecule has 4 nitrogen and oxygen atoms in total. The fraction of sp³-hybridized carbons (Fsp3) is 0.200. The Morgan fingerprint density at radius 1 is 0.767 bits per heavy atom. The molecule has 30 heavy (non-hydrogen) atoms. The average molecular weight is 417 g/mol. The summed E-state index contributed by atoms with van der Waals surface area (Å²) in [5.74, 6) is 0.778. The topological polar surface area (TPSA) is 42.3 Å². The van der Waals surface area contributed by atoms with E-state index >= 15 is 0 Å². The summed E-state index contributed by atoms with van der Waals surface area (Å²) in [5.41, 5.74) is 3.78. The van der Waals surface area contributed by atoms with E-state index in [4.69, 9.17) is 0 Å². The average Bonchev–Trinajstić information content (AvgIpc) is 3.41. The second kappa shape index (κ2) is 7.33. The van der Waals surface area contributed by atoms with E-state index in [2.05, 4.69) is 17.0 Å². The van der Waals surface area contributed by atoms with Gasteiger partial charge in [0.1, 0.15) is 5.82 Å².